The van der Waals surface area contributed by atoms with Crippen molar-refractivity contribution in [2.75, 3.05) is 20.2 Å². The van der Waals surface area contributed by atoms with E-state index in [-0.39, 0.29) is 26.1 Å². The number of nitrogens with one attached hydrogen (secondary N) is 1. The van der Waals surface area contributed by atoms with Crippen molar-refractivity contribution in [2.45, 2.75) is 58.3 Å². The zero-order chi connectivity index (χ0) is 26.6. The molecule has 0 aliphatic carbocycles. The smallest absolute Gasteiger partial charge is 0.410 e. The van der Waals surface area contributed by atoms with Crippen LogP contribution >= 0.6 is 0 Å². The lowest BCUT2D eigenvalue weighted by molar-refractivity contribution is -0.123. The van der Waals surface area contributed by atoms with E-state index in [1.165, 1.54) is 4.90 Å². The molecule has 3 amide bonds. The van der Waals surface area contributed by atoms with Gasteiger partial charge in [0.15, 0.2) is 0 Å². The monoisotopic (exact) mass is 499 g/mol. The molecule has 0 aliphatic heterocycles. The van der Waals surface area contributed by atoms with E-state index in [0.29, 0.717) is 12.8 Å². The standard InChI is InChI=1S/C27H37N3O6/c1-27(2,3)36-26(33)30(18-16-20-12-14-22(34-4)15-13-20)23(24(28)31)11-8-17-29-25(32)35-19-21-9-6-5-7-10-21/h5-7,9-10,12-15,23H,8,11,16-19H2,1-4H3,(H2,28,31)(H,29,32)/t23-/m1/s1. The predicted octanol–water partition coefficient (Wildman–Crippen LogP) is 4.04. The van der Waals surface area contributed by atoms with Gasteiger partial charge in [0, 0.05) is 13.1 Å². The first-order valence-electron chi connectivity index (χ1n) is 12.0. The van der Waals surface area contributed by atoms with Gasteiger partial charge in [-0.25, -0.2) is 9.59 Å². The molecule has 0 fully saturated rings. The van der Waals surface area contributed by atoms with E-state index in [1.54, 1.807) is 27.9 Å². The molecule has 196 valence electrons. The third-order valence-corrected chi connectivity index (χ3v) is 5.27. The number of hydrogen-bond donors (Lipinski definition) is 2. The number of hydrogen-bond acceptors (Lipinski definition) is 6. The maximum atomic E-state index is 13.0. The molecule has 1 atom stereocenters. The SMILES string of the molecule is COc1ccc(CCN(C(=O)OC(C)(C)C)[C@H](CCCNC(=O)OCc2ccccc2)C(N)=O)cc1. The van der Waals surface area contributed by atoms with Crippen LogP contribution in [0.15, 0.2) is 54.6 Å². The third kappa shape index (κ3) is 10.2. The molecule has 9 nitrogen and oxygen atoms in total. The zero-order valence-corrected chi connectivity index (χ0v) is 21.5. The Labute approximate surface area is 212 Å². The summed E-state index contributed by atoms with van der Waals surface area (Å²) in [4.78, 5) is 38.7. The van der Waals surface area contributed by atoms with E-state index in [0.717, 1.165) is 16.9 Å². The number of ether oxygens (including phenoxy) is 3. The van der Waals surface area contributed by atoms with Crippen molar-refractivity contribution in [3.8, 4) is 5.75 Å². The molecule has 0 aromatic heterocycles. The van der Waals surface area contributed by atoms with E-state index in [1.807, 2.05) is 54.6 Å². The molecular weight excluding hydrogens is 462 g/mol. The number of amides is 3. The summed E-state index contributed by atoms with van der Waals surface area (Å²) in [5, 5.41) is 2.66. The summed E-state index contributed by atoms with van der Waals surface area (Å²) in [5.74, 6) is 0.0924. The molecule has 9 heteroatoms. The molecule has 0 heterocycles. The number of methoxy groups -OCH3 is 1. The summed E-state index contributed by atoms with van der Waals surface area (Å²) in [5.41, 5.74) is 6.80. The van der Waals surface area contributed by atoms with Crippen LogP contribution in [-0.2, 0) is 27.3 Å². The van der Waals surface area contributed by atoms with Crippen LogP contribution in [0, 0.1) is 0 Å². The third-order valence-electron chi connectivity index (χ3n) is 5.27. The number of carbonyl (C=O) groups excluding carboxylic acids is 3. The van der Waals surface area contributed by atoms with Crippen molar-refractivity contribution in [3.63, 3.8) is 0 Å². The number of nitrogens with zero attached hydrogens (tertiary/aromatic N) is 1. The van der Waals surface area contributed by atoms with Gasteiger partial charge in [0.1, 0.15) is 24.0 Å². The van der Waals surface area contributed by atoms with Gasteiger partial charge in [-0.15, -0.1) is 0 Å². The Morgan fingerprint density at radius 2 is 1.67 bits per heavy atom. The average molecular weight is 500 g/mol. The molecule has 0 radical (unpaired) electrons. The maximum Gasteiger partial charge on any atom is 0.410 e. The largest absolute Gasteiger partial charge is 0.497 e. The first-order chi connectivity index (χ1) is 17.1. The molecule has 0 saturated heterocycles. The summed E-state index contributed by atoms with van der Waals surface area (Å²) in [7, 11) is 1.59. The van der Waals surface area contributed by atoms with Crippen LogP contribution < -0.4 is 15.8 Å². The number of benzene rings is 2. The molecule has 0 spiro atoms. The van der Waals surface area contributed by atoms with E-state index >= 15 is 0 Å². The number of nitrogens with two attached hydrogens (primary N) is 1. The molecule has 2 aromatic rings. The van der Waals surface area contributed by atoms with Gasteiger partial charge in [-0.05, 0) is 63.3 Å². The highest BCUT2D eigenvalue weighted by Gasteiger charge is 2.31. The van der Waals surface area contributed by atoms with E-state index in [9.17, 15) is 14.4 Å². The molecular formula is C27H37N3O6. The molecule has 0 aliphatic rings. The van der Waals surface area contributed by atoms with Gasteiger partial charge in [-0.3, -0.25) is 9.69 Å². The van der Waals surface area contributed by atoms with E-state index < -0.39 is 29.7 Å². The molecule has 0 saturated carbocycles. The van der Waals surface area contributed by atoms with Crippen molar-refractivity contribution < 1.29 is 28.6 Å². The summed E-state index contributed by atoms with van der Waals surface area (Å²) < 4.78 is 15.9. The molecule has 2 rings (SSSR count). The summed E-state index contributed by atoms with van der Waals surface area (Å²) in [6, 6.07) is 15.9. The Morgan fingerprint density at radius 1 is 1.00 bits per heavy atom. The maximum absolute atomic E-state index is 13.0. The Balaban J connectivity index is 1.95. The van der Waals surface area contributed by atoms with Gasteiger partial charge in [0.25, 0.3) is 0 Å². The van der Waals surface area contributed by atoms with Crippen molar-refractivity contribution >= 4 is 18.1 Å². The highest BCUT2D eigenvalue weighted by molar-refractivity contribution is 5.84. The lowest BCUT2D eigenvalue weighted by Crippen LogP contribution is -2.50. The number of rotatable bonds is 12. The number of carbonyl (C=O) groups is 3. The molecule has 0 bridgehead atoms. The van der Waals surface area contributed by atoms with Gasteiger partial charge in [0.05, 0.1) is 7.11 Å². The summed E-state index contributed by atoms with van der Waals surface area (Å²) >= 11 is 0. The van der Waals surface area contributed by atoms with E-state index in [4.69, 9.17) is 19.9 Å². The highest BCUT2D eigenvalue weighted by Crippen LogP contribution is 2.17. The molecule has 3 N–H and O–H groups in total. The zero-order valence-electron chi connectivity index (χ0n) is 21.5. The minimum atomic E-state index is -0.889. The molecule has 0 unspecified atom stereocenters. The fourth-order valence-electron chi connectivity index (χ4n) is 3.45. The van der Waals surface area contributed by atoms with E-state index in [2.05, 4.69) is 5.32 Å². The Kier molecular flexibility index (Phi) is 11.1. The highest BCUT2D eigenvalue weighted by atomic mass is 16.6. The van der Waals surface area contributed by atoms with Gasteiger partial charge in [-0.2, -0.15) is 0 Å². The van der Waals surface area contributed by atoms with Crippen LogP contribution in [0.3, 0.4) is 0 Å². The second-order valence-electron chi connectivity index (χ2n) is 9.32. The first-order valence-corrected chi connectivity index (χ1v) is 12.0. The Morgan fingerprint density at radius 3 is 2.25 bits per heavy atom. The lowest BCUT2D eigenvalue weighted by Gasteiger charge is -2.32. The Hall–Kier alpha value is -3.75. The minimum absolute atomic E-state index is 0.161. The first kappa shape index (κ1) is 28.5. The van der Waals surface area contributed by atoms with Gasteiger partial charge in [-0.1, -0.05) is 42.5 Å². The van der Waals surface area contributed by atoms with Crippen LogP contribution in [0.1, 0.15) is 44.7 Å². The van der Waals surface area contributed by atoms with Crippen molar-refractivity contribution in [3.05, 3.63) is 65.7 Å². The van der Waals surface area contributed by atoms with Crippen molar-refractivity contribution in [1.82, 2.24) is 10.2 Å². The quantitative estimate of drug-likeness (QED) is 0.425. The van der Waals surface area contributed by atoms with Gasteiger partial charge < -0.3 is 25.3 Å². The van der Waals surface area contributed by atoms with Gasteiger partial charge >= 0.3 is 12.2 Å². The second-order valence-corrected chi connectivity index (χ2v) is 9.32. The second kappa shape index (κ2) is 14.0. The number of primary amides is 1. The van der Waals surface area contributed by atoms with Crippen LogP contribution in [0.25, 0.3) is 0 Å². The summed E-state index contributed by atoms with van der Waals surface area (Å²) in [6.45, 7) is 5.94. The van der Waals surface area contributed by atoms with Crippen LogP contribution in [0.5, 0.6) is 5.75 Å². The van der Waals surface area contributed by atoms with Gasteiger partial charge in [0.2, 0.25) is 5.91 Å². The van der Waals surface area contributed by atoms with Crippen LogP contribution in [0.4, 0.5) is 9.59 Å². The molecule has 2 aromatic carbocycles. The lowest BCUT2D eigenvalue weighted by atomic mass is 10.1. The average Bonchev–Trinajstić information content (AvgIpc) is 2.83. The topological polar surface area (TPSA) is 120 Å². The van der Waals surface area contributed by atoms with Crippen molar-refractivity contribution in [2.24, 2.45) is 5.73 Å². The van der Waals surface area contributed by atoms with Crippen LogP contribution in [-0.4, -0.2) is 54.8 Å². The minimum Gasteiger partial charge on any atom is -0.497 e. The normalized spacial score (nSPS) is 11.8. The fourth-order valence-corrected chi connectivity index (χ4v) is 3.45. The van der Waals surface area contributed by atoms with Crippen molar-refractivity contribution in [1.29, 1.82) is 0 Å². The predicted molar refractivity (Wildman–Crippen MR) is 136 cm³/mol. The Bertz CT molecular complexity index is 973. The number of alkyl carbamates (subject to hydrolysis) is 1. The fraction of sp³-hybridized carbons (Fsp3) is 0.444. The van der Waals surface area contributed by atoms with Crippen LogP contribution in [0.2, 0.25) is 0 Å². The molecule has 36 heavy (non-hydrogen) atoms. The summed E-state index contributed by atoms with van der Waals surface area (Å²) in [6.07, 6.45) is -0.00337.